The highest BCUT2D eigenvalue weighted by atomic mass is 31.2. The zero-order valence-electron chi connectivity index (χ0n) is 17.2. The van der Waals surface area contributed by atoms with Crippen LogP contribution in [-0.2, 0) is 11.0 Å². The summed E-state index contributed by atoms with van der Waals surface area (Å²) in [6.45, 7) is 0. The number of rotatable bonds is 5. The molecule has 3 atom stereocenters. The Kier molecular flexibility index (Phi) is 5.76. The molecule has 0 aromatic heterocycles. The molecule has 1 saturated heterocycles. The van der Waals surface area contributed by atoms with Crippen molar-refractivity contribution in [2.45, 2.75) is 50.2 Å². The summed E-state index contributed by atoms with van der Waals surface area (Å²) in [5.74, 6) is 0. The minimum absolute atomic E-state index is 0.0690. The van der Waals surface area contributed by atoms with E-state index in [1.54, 1.807) is 0 Å². The van der Waals surface area contributed by atoms with Gasteiger partial charge in [-0.25, -0.2) is 14.0 Å². The van der Waals surface area contributed by atoms with Gasteiger partial charge in [0.25, 0.3) is 7.59 Å². The van der Waals surface area contributed by atoms with Crippen molar-refractivity contribution in [3.8, 4) is 0 Å². The van der Waals surface area contributed by atoms with E-state index < -0.39 is 7.59 Å². The van der Waals surface area contributed by atoms with E-state index in [-0.39, 0.29) is 6.04 Å². The Balaban J connectivity index is 1.70. The van der Waals surface area contributed by atoms with Crippen molar-refractivity contribution in [2.75, 3.05) is 21.1 Å². The molecule has 4 nitrogen and oxygen atoms in total. The summed E-state index contributed by atoms with van der Waals surface area (Å²) in [4.78, 5) is 0. The van der Waals surface area contributed by atoms with Crippen molar-refractivity contribution in [2.24, 2.45) is 0 Å². The van der Waals surface area contributed by atoms with Crippen LogP contribution in [0.2, 0.25) is 0 Å². The van der Waals surface area contributed by atoms with Gasteiger partial charge in [0.05, 0.1) is 0 Å². The summed E-state index contributed by atoms with van der Waals surface area (Å²) < 4.78 is 21.1. The largest absolute Gasteiger partial charge is 0.287 e. The Morgan fingerprint density at radius 3 is 1.96 bits per heavy atom. The maximum Gasteiger partial charge on any atom is 0.287 e. The van der Waals surface area contributed by atoms with Gasteiger partial charge in [0.1, 0.15) is 0 Å². The Bertz CT molecular complexity index is 806. The molecule has 2 fully saturated rings. The van der Waals surface area contributed by atoms with Crippen LogP contribution in [0.15, 0.2) is 60.7 Å². The summed E-state index contributed by atoms with van der Waals surface area (Å²) >= 11 is 0. The number of benzene rings is 2. The van der Waals surface area contributed by atoms with E-state index in [1.807, 2.05) is 6.07 Å². The summed E-state index contributed by atoms with van der Waals surface area (Å²) in [6.07, 6.45) is 5.64. The predicted octanol–water partition coefficient (Wildman–Crippen LogP) is 5.20. The summed E-state index contributed by atoms with van der Waals surface area (Å²) in [5, 5.41) is 0. The Morgan fingerprint density at radius 1 is 0.929 bits per heavy atom. The summed E-state index contributed by atoms with van der Waals surface area (Å²) in [7, 11) is 3.41. The molecule has 0 amide bonds. The second-order valence-corrected chi connectivity index (χ2v) is 11.2. The third-order valence-corrected chi connectivity index (χ3v) is 10.1. The fourth-order valence-electron chi connectivity index (χ4n) is 5.18. The van der Waals surface area contributed by atoms with Gasteiger partial charge in [-0.1, -0.05) is 73.5 Å². The number of nitrogens with zero attached hydrogens (tertiary/aromatic N) is 3. The van der Waals surface area contributed by atoms with Crippen molar-refractivity contribution in [1.82, 2.24) is 14.0 Å². The van der Waals surface area contributed by atoms with Crippen LogP contribution < -0.4 is 0 Å². The van der Waals surface area contributed by atoms with Gasteiger partial charge in [-0.05, 0) is 51.5 Å². The van der Waals surface area contributed by atoms with Gasteiger partial charge >= 0.3 is 0 Å². The molecule has 1 aliphatic heterocycles. The smallest absolute Gasteiger partial charge is 0.270 e. The van der Waals surface area contributed by atoms with Crippen LogP contribution in [0.25, 0.3) is 0 Å². The van der Waals surface area contributed by atoms with Gasteiger partial charge < -0.3 is 0 Å². The van der Waals surface area contributed by atoms with E-state index in [0.29, 0.717) is 12.1 Å². The fourth-order valence-corrected chi connectivity index (χ4v) is 8.40. The SMILES string of the molecule is CN(C(Cc1ccccc1)c1ccccc1)P1(=O)N(C)[C@@H]2CCCC[C@H]2N1C. The molecule has 0 radical (unpaired) electrons. The molecule has 1 aliphatic carbocycles. The minimum atomic E-state index is -2.81. The highest BCUT2D eigenvalue weighted by Crippen LogP contribution is 2.65. The van der Waals surface area contributed by atoms with Crippen molar-refractivity contribution >= 4 is 7.59 Å². The highest BCUT2D eigenvalue weighted by molar-refractivity contribution is 7.56. The molecular formula is C23H32N3OP. The van der Waals surface area contributed by atoms with Crippen molar-refractivity contribution in [1.29, 1.82) is 0 Å². The molecule has 0 spiro atoms. The van der Waals surface area contributed by atoms with Gasteiger partial charge in [-0.3, -0.25) is 4.57 Å². The topological polar surface area (TPSA) is 26.8 Å². The van der Waals surface area contributed by atoms with Gasteiger partial charge in [-0.15, -0.1) is 0 Å². The quantitative estimate of drug-likeness (QED) is 0.648. The first-order valence-electron chi connectivity index (χ1n) is 10.4. The Labute approximate surface area is 169 Å². The standard InChI is InChI=1S/C23H32N3OP/c1-24-21-16-10-11-17-22(21)25(2)28(24,27)26(3)23(20-14-8-5-9-15-20)18-19-12-6-4-7-13-19/h4-9,12-15,21-23H,10-11,16-18H2,1-3H3/t21-,22-,23?/m1/s1. The van der Waals surface area contributed by atoms with Gasteiger partial charge in [-0.2, -0.15) is 0 Å². The second-order valence-electron chi connectivity index (χ2n) is 8.27. The zero-order chi connectivity index (χ0) is 19.7. The molecule has 150 valence electrons. The van der Waals surface area contributed by atoms with Crippen molar-refractivity contribution < 1.29 is 4.57 Å². The van der Waals surface area contributed by atoms with Crippen molar-refractivity contribution in [3.63, 3.8) is 0 Å². The van der Waals surface area contributed by atoms with Gasteiger partial charge in [0, 0.05) is 18.1 Å². The van der Waals surface area contributed by atoms with Crippen LogP contribution in [0.1, 0.15) is 42.9 Å². The first kappa shape index (κ1) is 19.8. The first-order valence-corrected chi connectivity index (χ1v) is 12.0. The minimum Gasteiger partial charge on any atom is -0.270 e. The fraction of sp³-hybridized carbons (Fsp3) is 0.478. The lowest BCUT2D eigenvalue weighted by molar-refractivity contribution is 0.233. The maximum atomic E-state index is 14.5. The van der Waals surface area contributed by atoms with Crippen LogP contribution in [0.5, 0.6) is 0 Å². The monoisotopic (exact) mass is 397 g/mol. The predicted molar refractivity (Wildman–Crippen MR) is 116 cm³/mol. The molecule has 1 heterocycles. The molecule has 1 unspecified atom stereocenters. The van der Waals surface area contributed by atoms with Gasteiger partial charge in [0.2, 0.25) is 0 Å². The Morgan fingerprint density at radius 2 is 1.43 bits per heavy atom. The van der Waals surface area contributed by atoms with Crippen LogP contribution >= 0.6 is 7.59 Å². The van der Waals surface area contributed by atoms with Crippen LogP contribution in [0.4, 0.5) is 0 Å². The molecule has 0 bridgehead atoms. The lowest BCUT2D eigenvalue weighted by Crippen LogP contribution is -2.37. The first-order chi connectivity index (χ1) is 13.5. The van der Waals surface area contributed by atoms with Crippen LogP contribution in [0, 0.1) is 0 Å². The van der Waals surface area contributed by atoms with E-state index in [4.69, 9.17) is 0 Å². The van der Waals surface area contributed by atoms with E-state index in [1.165, 1.54) is 24.0 Å². The molecule has 2 aromatic rings. The number of likely N-dealkylation sites (N-methyl/N-ethyl adjacent to an activating group) is 3. The zero-order valence-corrected chi connectivity index (χ0v) is 18.1. The molecular weight excluding hydrogens is 365 g/mol. The summed E-state index contributed by atoms with van der Waals surface area (Å²) in [6, 6.07) is 22.0. The molecule has 4 rings (SSSR count). The average Bonchev–Trinajstić information content (AvgIpc) is 2.95. The number of fused-ring (bicyclic) bond motifs is 1. The average molecular weight is 398 g/mol. The molecule has 2 aliphatic rings. The van der Waals surface area contributed by atoms with Crippen LogP contribution in [-0.4, -0.2) is 47.2 Å². The van der Waals surface area contributed by atoms with E-state index in [0.717, 1.165) is 19.3 Å². The summed E-state index contributed by atoms with van der Waals surface area (Å²) in [5.41, 5.74) is 2.50. The highest BCUT2D eigenvalue weighted by Gasteiger charge is 2.55. The Hall–Kier alpha value is -1.45. The number of hydrogen-bond acceptors (Lipinski definition) is 1. The molecule has 2 aromatic carbocycles. The lowest BCUT2D eigenvalue weighted by Gasteiger charge is -2.39. The molecule has 5 heteroatoms. The second kappa shape index (κ2) is 8.12. The van der Waals surface area contributed by atoms with E-state index in [9.17, 15) is 4.57 Å². The maximum absolute atomic E-state index is 14.5. The number of hydrogen-bond donors (Lipinski definition) is 0. The molecule has 28 heavy (non-hydrogen) atoms. The van der Waals surface area contributed by atoms with E-state index >= 15 is 0 Å². The molecule has 0 N–H and O–H groups in total. The molecule has 1 saturated carbocycles. The van der Waals surface area contributed by atoms with E-state index in [2.05, 4.69) is 89.8 Å². The third-order valence-electron chi connectivity index (χ3n) is 6.79. The lowest BCUT2D eigenvalue weighted by atomic mass is 9.91. The van der Waals surface area contributed by atoms with Crippen molar-refractivity contribution in [3.05, 3.63) is 71.8 Å². The third kappa shape index (κ3) is 3.37. The van der Waals surface area contributed by atoms with Gasteiger partial charge in [0.15, 0.2) is 0 Å². The normalized spacial score (nSPS) is 26.3. The van der Waals surface area contributed by atoms with Crippen LogP contribution in [0.3, 0.4) is 0 Å².